The van der Waals surface area contributed by atoms with Crippen LogP contribution in [0.4, 0.5) is 5.69 Å². The van der Waals surface area contributed by atoms with Gasteiger partial charge in [0, 0.05) is 29.6 Å². The van der Waals surface area contributed by atoms with E-state index in [2.05, 4.69) is 15.3 Å². The van der Waals surface area contributed by atoms with E-state index in [4.69, 9.17) is 5.11 Å². The van der Waals surface area contributed by atoms with Crippen molar-refractivity contribution in [3.63, 3.8) is 0 Å². The number of carbonyl (C=O) groups is 2. The first kappa shape index (κ1) is 18.9. The molecule has 4 N–H and O–H groups in total. The van der Waals surface area contributed by atoms with Gasteiger partial charge in [-0.1, -0.05) is 18.2 Å². The van der Waals surface area contributed by atoms with Crippen LogP contribution in [0.3, 0.4) is 0 Å². The van der Waals surface area contributed by atoms with Crippen molar-refractivity contribution in [2.24, 2.45) is 4.99 Å². The molecule has 2 heterocycles. The van der Waals surface area contributed by atoms with Crippen molar-refractivity contribution in [1.29, 1.82) is 0 Å². The first-order valence-electron chi connectivity index (χ1n) is 9.52. The van der Waals surface area contributed by atoms with Gasteiger partial charge in [-0.05, 0) is 42.7 Å². The summed E-state index contributed by atoms with van der Waals surface area (Å²) in [5, 5.41) is 22.7. The van der Waals surface area contributed by atoms with Gasteiger partial charge < -0.3 is 20.5 Å². The van der Waals surface area contributed by atoms with E-state index in [0.717, 1.165) is 12.0 Å². The van der Waals surface area contributed by atoms with Gasteiger partial charge in [0.25, 0.3) is 0 Å². The van der Waals surface area contributed by atoms with E-state index in [1.54, 1.807) is 30.3 Å². The number of para-hydroxylation sites is 1. The molecule has 2 aromatic carbocycles. The third-order valence-corrected chi connectivity index (χ3v) is 4.95. The maximum Gasteiger partial charge on any atom is 0.224 e. The SMILES string of the molecule is O=C(Cc1ccc2[nH]c(O)c(C3=Nc4ccccc4C3=O)c2c1)NCCCCO. The van der Waals surface area contributed by atoms with Gasteiger partial charge in [0.2, 0.25) is 11.7 Å². The molecular formula is C22H21N3O4. The zero-order valence-corrected chi connectivity index (χ0v) is 15.7. The number of nitrogens with one attached hydrogen (secondary N) is 2. The minimum Gasteiger partial charge on any atom is -0.494 e. The van der Waals surface area contributed by atoms with E-state index >= 15 is 0 Å². The van der Waals surface area contributed by atoms with Crippen molar-refractivity contribution in [2.45, 2.75) is 19.3 Å². The predicted octanol–water partition coefficient (Wildman–Crippen LogP) is 2.62. The quantitative estimate of drug-likeness (QED) is 0.464. The van der Waals surface area contributed by atoms with Crippen LogP contribution >= 0.6 is 0 Å². The summed E-state index contributed by atoms with van der Waals surface area (Å²) in [6.45, 7) is 0.625. The van der Waals surface area contributed by atoms with Crippen LogP contribution in [0, 0.1) is 0 Å². The Morgan fingerprint density at radius 1 is 1.14 bits per heavy atom. The number of fused-ring (bicyclic) bond motifs is 2. The smallest absolute Gasteiger partial charge is 0.224 e. The summed E-state index contributed by atoms with van der Waals surface area (Å²) in [5.41, 5.74) is 3.07. The molecule has 0 fully saturated rings. The second kappa shape index (κ2) is 7.89. The van der Waals surface area contributed by atoms with E-state index in [1.807, 2.05) is 12.1 Å². The number of nitrogens with zero attached hydrogens (tertiary/aromatic N) is 1. The van der Waals surface area contributed by atoms with E-state index in [0.29, 0.717) is 40.7 Å². The van der Waals surface area contributed by atoms with E-state index in [-0.39, 0.29) is 36.3 Å². The highest BCUT2D eigenvalue weighted by Gasteiger charge is 2.29. The Kier molecular flexibility index (Phi) is 5.14. The Labute approximate surface area is 167 Å². The van der Waals surface area contributed by atoms with E-state index < -0.39 is 0 Å². The molecule has 0 bridgehead atoms. The van der Waals surface area contributed by atoms with Crippen molar-refractivity contribution in [1.82, 2.24) is 10.3 Å². The highest BCUT2D eigenvalue weighted by atomic mass is 16.3. The number of hydrogen-bond donors (Lipinski definition) is 4. The average Bonchev–Trinajstić information content (AvgIpc) is 3.21. The number of unbranched alkanes of at least 4 members (excludes halogenated alkanes) is 1. The van der Waals surface area contributed by atoms with Crippen molar-refractivity contribution >= 4 is 34.0 Å². The number of amides is 1. The van der Waals surface area contributed by atoms with Crippen molar-refractivity contribution in [3.05, 3.63) is 59.2 Å². The average molecular weight is 391 g/mol. The van der Waals surface area contributed by atoms with Crippen LogP contribution in [0.1, 0.15) is 34.3 Å². The predicted molar refractivity (Wildman–Crippen MR) is 110 cm³/mol. The highest BCUT2D eigenvalue weighted by Crippen LogP contribution is 2.35. The van der Waals surface area contributed by atoms with Gasteiger partial charge in [-0.3, -0.25) is 9.59 Å². The first-order chi connectivity index (χ1) is 14.1. The van der Waals surface area contributed by atoms with Gasteiger partial charge in [-0.25, -0.2) is 4.99 Å². The summed E-state index contributed by atoms with van der Waals surface area (Å²) in [4.78, 5) is 32.2. The Bertz CT molecular complexity index is 1130. The number of rotatable bonds is 7. The fourth-order valence-electron chi connectivity index (χ4n) is 3.52. The van der Waals surface area contributed by atoms with Crippen LogP contribution < -0.4 is 5.32 Å². The second-order valence-corrected chi connectivity index (χ2v) is 6.99. The minimum absolute atomic E-state index is 0.110. The lowest BCUT2D eigenvalue weighted by Crippen LogP contribution is -2.26. The molecule has 7 heteroatoms. The first-order valence-corrected chi connectivity index (χ1v) is 9.52. The molecule has 0 saturated carbocycles. The summed E-state index contributed by atoms with van der Waals surface area (Å²) in [5.74, 6) is -0.473. The van der Waals surface area contributed by atoms with Crippen LogP contribution in [0.2, 0.25) is 0 Å². The molecule has 4 rings (SSSR count). The lowest BCUT2D eigenvalue weighted by atomic mass is 10.00. The Hall–Kier alpha value is -3.45. The molecule has 29 heavy (non-hydrogen) atoms. The molecule has 0 spiro atoms. The number of aromatic amines is 1. The minimum atomic E-state index is -0.233. The number of aliphatic imine (C=N–C) groups is 1. The molecule has 0 aliphatic carbocycles. The second-order valence-electron chi connectivity index (χ2n) is 6.99. The third-order valence-electron chi connectivity index (χ3n) is 4.95. The lowest BCUT2D eigenvalue weighted by Gasteiger charge is -2.05. The molecule has 1 aliphatic heterocycles. The van der Waals surface area contributed by atoms with E-state index in [1.165, 1.54) is 0 Å². The zero-order chi connectivity index (χ0) is 20.4. The summed E-state index contributed by atoms with van der Waals surface area (Å²) in [6.07, 6.45) is 1.55. The lowest BCUT2D eigenvalue weighted by molar-refractivity contribution is -0.120. The molecule has 0 saturated heterocycles. The summed E-state index contributed by atoms with van der Waals surface area (Å²) in [6, 6.07) is 12.5. The van der Waals surface area contributed by atoms with Gasteiger partial charge in [0.05, 0.1) is 17.7 Å². The van der Waals surface area contributed by atoms with Crippen molar-refractivity contribution in [2.75, 3.05) is 13.2 Å². The fraction of sp³-hybridized carbons (Fsp3) is 0.227. The Morgan fingerprint density at radius 2 is 1.97 bits per heavy atom. The van der Waals surface area contributed by atoms with Crippen molar-refractivity contribution < 1.29 is 19.8 Å². The number of Topliss-reactive ketones (excluding diaryl/α,β-unsaturated/α-hetero) is 1. The van der Waals surface area contributed by atoms with Gasteiger partial charge in [-0.15, -0.1) is 0 Å². The number of aromatic hydroxyl groups is 1. The summed E-state index contributed by atoms with van der Waals surface area (Å²) in [7, 11) is 0. The largest absolute Gasteiger partial charge is 0.494 e. The van der Waals surface area contributed by atoms with Crippen LogP contribution in [0.15, 0.2) is 47.5 Å². The van der Waals surface area contributed by atoms with Gasteiger partial charge in [-0.2, -0.15) is 0 Å². The summed E-state index contributed by atoms with van der Waals surface area (Å²) >= 11 is 0. The number of aromatic nitrogens is 1. The molecule has 1 amide bonds. The number of aliphatic hydroxyl groups is 1. The molecule has 7 nitrogen and oxygen atoms in total. The number of ketones is 1. The topological polar surface area (TPSA) is 115 Å². The number of hydrogen-bond acceptors (Lipinski definition) is 5. The Morgan fingerprint density at radius 3 is 2.76 bits per heavy atom. The maximum absolute atomic E-state index is 12.8. The van der Waals surface area contributed by atoms with Crippen LogP contribution in [-0.2, 0) is 11.2 Å². The van der Waals surface area contributed by atoms with Gasteiger partial charge >= 0.3 is 0 Å². The molecule has 0 radical (unpaired) electrons. The monoisotopic (exact) mass is 391 g/mol. The molecule has 3 aromatic rings. The van der Waals surface area contributed by atoms with Crippen molar-refractivity contribution in [3.8, 4) is 5.88 Å². The van der Waals surface area contributed by atoms with Crippen LogP contribution in [-0.4, -0.2) is 45.8 Å². The Balaban J connectivity index is 1.61. The molecule has 1 aliphatic rings. The molecule has 148 valence electrons. The standard InChI is InChI=1S/C22H21N3O4/c26-10-4-3-9-23-18(27)12-13-7-8-17-15(11-13)19(22(29)25-17)20-21(28)14-5-1-2-6-16(14)24-20/h1-2,5-8,11,25-26,29H,3-4,9-10,12H2,(H,23,27). The molecule has 0 unspecified atom stereocenters. The number of aliphatic hydroxyl groups excluding tert-OH is 1. The van der Waals surface area contributed by atoms with Gasteiger partial charge in [0.15, 0.2) is 5.88 Å². The third kappa shape index (κ3) is 3.64. The maximum atomic E-state index is 12.8. The van der Waals surface area contributed by atoms with Crippen LogP contribution in [0.5, 0.6) is 5.88 Å². The fourth-order valence-corrected chi connectivity index (χ4v) is 3.52. The number of H-pyrrole nitrogens is 1. The highest BCUT2D eigenvalue weighted by molar-refractivity contribution is 6.56. The molecule has 1 aromatic heterocycles. The van der Waals surface area contributed by atoms with Crippen LogP contribution in [0.25, 0.3) is 10.9 Å². The number of carbonyl (C=O) groups excluding carboxylic acids is 2. The van der Waals surface area contributed by atoms with Gasteiger partial charge in [0.1, 0.15) is 5.71 Å². The van der Waals surface area contributed by atoms with E-state index in [9.17, 15) is 14.7 Å². The zero-order valence-electron chi connectivity index (χ0n) is 15.7. The normalized spacial score (nSPS) is 12.9. The molecular weight excluding hydrogens is 370 g/mol. The number of benzene rings is 2. The summed E-state index contributed by atoms with van der Waals surface area (Å²) < 4.78 is 0. The molecule has 0 atom stereocenters.